The topological polar surface area (TPSA) is 26.0 Å². The molecule has 0 saturated heterocycles. The van der Waals surface area contributed by atoms with Crippen LogP contribution in [0.3, 0.4) is 0 Å². The second-order valence-corrected chi connectivity index (χ2v) is 4.62. The number of hydrogen-bond acceptors (Lipinski definition) is 1. The van der Waals surface area contributed by atoms with Crippen LogP contribution >= 0.6 is 0 Å². The summed E-state index contributed by atoms with van der Waals surface area (Å²) < 4.78 is 51.9. The standard InChI is InChI=1S/C12H13F4N/c13-10(7-11(17)5-6-11)8-3-1-2-4-9(8)12(14,15)16/h1-4,10H,5-7,17H2. The van der Waals surface area contributed by atoms with Gasteiger partial charge in [-0.05, 0) is 24.5 Å². The molecular weight excluding hydrogens is 234 g/mol. The van der Waals surface area contributed by atoms with Crippen molar-refractivity contribution < 1.29 is 17.6 Å². The van der Waals surface area contributed by atoms with E-state index in [1.165, 1.54) is 18.2 Å². The molecule has 0 spiro atoms. The maximum Gasteiger partial charge on any atom is 0.416 e. The minimum atomic E-state index is -4.52. The van der Waals surface area contributed by atoms with Crippen molar-refractivity contribution in [2.45, 2.75) is 37.1 Å². The molecule has 1 fully saturated rings. The maximum atomic E-state index is 13.9. The molecule has 1 aromatic rings. The summed E-state index contributed by atoms with van der Waals surface area (Å²) in [5.41, 5.74) is 3.91. The lowest BCUT2D eigenvalue weighted by Crippen LogP contribution is -2.24. The van der Waals surface area contributed by atoms with Crippen LogP contribution in [0.25, 0.3) is 0 Å². The average molecular weight is 247 g/mol. The van der Waals surface area contributed by atoms with Crippen molar-refractivity contribution in [1.29, 1.82) is 0 Å². The van der Waals surface area contributed by atoms with Gasteiger partial charge in [-0.1, -0.05) is 18.2 Å². The Kier molecular flexibility index (Phi) is 2.89. The minimum Gasteiger partial charge on any atom is -0.325 e. The number of rotatable bonds is 3. The Morgan fingerprint density at radius 1 is 1.24 bits per heavy atom. The number of benzene rings is 1. The molecule has 17 heavy (non-hydrogen) atoms. The van der Waals surface area contributed by atoms with E-state index >= 15 is 0 Å². The zero-order chi connectivity index (χ0) is 12.7. The van der Waals surface area contributed by atoms with E-state index in [9.17, 15) is 17.6 Å². The predicted octanol–water partition coefficient (Wildman–Crippen LogP) is 3.60. The molecular formula is C12H13F4N. The van der Waals surface area contributed by atoms with E-state index in [1.807, 2.05) is 0 Å². The predicted molar refractivity (Wildman–Crippen MR) is 56.1 cm³/mol. The molecule has 0 heterocycles. The first-order valence-corrected chi connectivity index (χ1v) is 5.41. The molecule has 1 unspecified atom stereocenters. The van der Waals surface area contributed by atoms with Crippen LogP contribution in [-0.4, -0.2) is 5.54 Å². The SMILES string of the molecule is NC1(CC(F)c2ccccc2C(F)(F)F)CC1. The highest BCUT2D eigenvalue weighted by molar-refractivity contribution is 5.32. The molecule has 0 bridgehead atoms. The summed E-state index contributed by atoms with van der Waals surface area (Å²) in [6.07, 6.45) is -4.85. The fourth-order valence-corrected chi connectivity index (χ4v) is 1.86. The smallest absolute Gasteiger partial charge is 0.325 e. The highest BCUT2D eigenvalue weighted by atomic mass is 19.4. The first-order valence-electron chi connectivity index (χ1n) is 5.41. The van der Waals surface area contributed by atoms with Gasteiger partial charge < -0.3 is 5.73 Å². The molecule has 2 N–H and O–H groups in total. The van der Waals surface area contributed by atoms with Gasteiger partial charge in [0.15, 0.2) is 0 Å². The van der Waals surface area contributed by atoms with Gasteiger partial charge in [0.2, 0.25) is 0 Å². The second-order valence-electron chi connectivity index (χ2n) is 4.62. The summed E-state index contributed by atoms with van der Waals surface area (Å²) in [6, 6.07) is 4.75. The van der Waals surface area contributed by atoms with Gasteiger partial charge >= 0.3 is 6.18 Å². The van der Waals surface area contributed by atoms with Gasteiger partial charge in [0.1, 0.15) is 6.17 Å². The Bertz CT molecular complexity index is 409. The molecule has 0 radical (unpaired) electrons. The number of alkyl halides is 4. The second kappa shape index (κ2) is 3.98. The van der Waals surface area contributed by atoms with E-state index in [4.69, 9.17) is 5.73 Å². The first kappa shape index (κ1) is 12.4. The van der Waals surface area contributed by atoms with E-state index < -0.39 is 23.5 Å². The van der Waals surface area contributed by atoms with Gasteiger partial charge in [0.05, 0.1) is 5.56 Å². The van der Waals surface area contributed by atoms with Crippen molar-refractivity contribution in [2.24, 2.45) is 5.73 Å². The van der Waals surface area contributed by atoms with Crippen molar-refractivity contribution in [3.63, 3.8) is 0 Å². The van der Waals surface area contributed by atoms with Crippen LogP contribution in [-0.2, 0) is 6.18 Å². The third kappa shape index (κ3) is 2.77. The molecule has 0 aliphatic heterocycles. The van der Waals surface area contributed by atoms with Crippen molar-refractivity contribution >= 4 is 0 Å². The summed E-state index contributed by atoms with van der Waals surface area (Å²) in [6.45, 7) is 0. The molecule has 1 nitrogen and oxygen atoms in total. The summed E-state index contributed by atoms with van der Waals surface area (Å²) in [5, 5.41) is 0. The van der Waals surface area contributed by atoms with Crippen molar-refractivity contribution in [2.75, 3.05) is 0 Å². The van der Waals surface area contributed by atoms with Crippen LogP contribution < -0.4 is 5.73 Å². The number of nitrogens with two attached hydrogens (primary N) is 1. The van der Waals surface area contributed by atoms with E-state index in [2.05, 4.69) is 0 Å². The van der Waals surface area contributed by atoms with Crippen molar-refractivity contribution in [3.05, 3.63) is 35.4 Å². The van der Waals surface area contributed by atoms with Gasteiger partial charge in [0.25, 0.3) is 0 Å². The van der Waals surface area contributed by atoms with Crippen molar-refractivity contribution in [3.8, 4) is 0 Å². The molecule has 1 aliphatic carbocycles. The lowest BCUT2D eigenvalue weighted by Gasteiger charge is -2.18. The van der Waals surface area contributed by atoms with Crippen LogP contribution in [0.4, 0.5) is 17.6 Å². The Balaban J connectivity index is 2.25. The molecule has 5 heteroatoms. The Morgan fingerprint density at radius 2 is 1.82 bits per heavy atom. The Morgan fingerprint density at radius 3 is 2.35 bits per heavy atom. The zero-order valence-electron chi connectivity index (χ0n) is 9.10. The van der Waals surface area contributed by atoms with Gasteiger partial charge in [-0.25, -0.2) is 4.39 Å². The van der Waals surface area contributed by atoms with Gasteiger partial charge in [-0.15, -0.1) is 0 Å². The molecule has 1 aromatic carbocycles. The van der Waals surface area contributed by atoms with E-state index in [1.54, 1.807) is 0 Å². The van der Waals surface area contributed by atoms with Gasteiger partial charge in [-0.2, -0.15) is 13.2 Å². The monoisotopic (exact) mass is 247 g/mol. The fraction of sp³-hybridized carbons (Fsp3) is 0.500. The van der Waals surface area contributed by atoms with Crippen LogP contribution in [0.2, 0.25) is 0 Å². The summed E-state index contributed by atoms with van der Waals surface area (Å²) in [4.78, 5) is 0. The molecule has 1 atom stereocenters. The largest absolute Gasteiger partial charge is 0.416 e. The van der Waals surface area contributed by atoms with E-state index in [0.717, 1.165) is 6.07 Å². The highest BCUT2D eigenvalue weighted by Gasteiger charge is 2.42. The van der Waals surface area contributed by atoms with Crippen LogP contribution in [0.5, 0.6) is 0 Å². The van der Waals surface area contributed by atoms with Gasteiger partial charge in [0, 0.05) is 12.0 Å². The molecule has 2 rings (SSSR count). The molecule has 1 aliphatic rings. The number of hydrogen-bond donors (Lipinski definition) is 1. The van der Waals surface area contributed by atoms with E-state index in [0.29, 0.717) is 12.8 Å². The maximum absolute atomic E-state index is 13.9. The van der Waals surface area contributed by atoms with Gasteiger partial charge in [-0.3, -0.25) is 0 Å². The summed E-state index contributed by atoms with van der Waals surface area (Å²) >= 11 is 0. The minimum absolute atomic E-state index is 0.0416. The number of halogens is 4. The molecule has 0 amide bonds. The lowest BCUT2D eigenvalue weighted by atomic mass is 9.97. The van der Waals surface area contributed by atoms with Crippen LogP contribution in [0.1, 0.15) is 36.6 Å². The lowest BCUT2D eigenvalue weighted by molar-refractivity contribution is -0.138. The fourth-order valence-electron chi connectivity index (χ4n) is 1.86. The van der Waals surface area contributed by atoms with Crippen LogP contribution in [0.15, 0.2) is 24.3 Å². The quantitative estimate of drug-likeness (QED) is 0.811. The summed E-state index contributed by atoms with van der Waals surface area (Å²) in [5.74, 6) is 0. The average Bonchev–Trinajstić information content (AvgIpc) is 2.95. The van der Waals surface area contributed by atoms with Crippen molar-refractivity contribution in [1.82, 2.24) is 0 Å². The van der Waals surface area contributed by atoms with E-state index in [-0.39, 0.29) is 12.0 Å². The first-order chi connectivity index (χ1) is 7.82. The highest BCUT2D eigenvalue weighted by Crippen LogP contribution is 2.44. The van der Waals surface area contributed by atoms with Crippen LogP contribution in [0, 0.1) is 0 Å². The molecule has 94 valence electrons. The summed E-state index contributed by atoms with van der Waals surface area (Å²) in [7, 11) is 0. The zero-order valence-corrected chi connectivity index (χ0v) is 9.10. The Hall–Kier alpha value is -1.10. The molecule has 1 saturated carbocycles. The normalized spacial score (nSPS) is 20.1. The molecule has 0 aromatic heterocycles. The Labute approximate surface area is 96.6 Å². The third-order valence-electron chi connectivity index (χ3n) is 3.08. The third-order valence-corrected chi connectivity index (χ3v) is 3.08.